The average Bonchev–Trinajstić information content (AvgIpc) is 2.60. The largest absolute Gasteiger partial charge is 0.480 e. The van der Waals surface area contributed by atoms with E-state index in [9.17, 15) is 9.59 Å². The van der Waals surface area contributed by atoms with Crippen LogP contribution in [0.3, 0.4) is 0 Å². The zero-order valence-corrected chi connectivity index (χ0v) is 9.56. The van der Waals surface area contributed by atoms with E-state index >= 15 is 0 Å². The van der Waals surface area contributed by atoms with E-state index in [4.69, 9.17) is 5.11 Å². The number of aliphatic carboxylic acids is 1. The van der Waals surface area contributed by atoms with Gasteiger partial charge in [0.1, 0.15) is 6.04 Å². The van der Waals surface area contributed by atoms with Gasteiger partial charge in [-0.25, -0.2) is 4.79 Å². The molecule has 15 heavy (non-hydrogen) atoms. The quantitative estimate of drug-likeness (QED) is 0.770. The molecule has 3 unspecified atom stereocenters. The lowest BCUT2D eigenvalue weighted by Crippen LogP contribution is -2.43. The molecule has 1 fully saturated rings. The van der Waals surface area contributed by atoms with Crippen molar-refractivity contribution >= 4 is 11.9 Å². The first-order chi connectivity index (χ1) is 6.95. The second-order valence-corrected chi connectivity index (χ2v) is 4.48. The molecule has 4 nitrogen and oxygen atoms in total. The standard InChI is InChI=1S/C11H19NO3/c1-7-5-4-6-9(7)10(13)12(3)8(2)11(14)15/h7-9H,4-6H2,1-3H3,(H,14,15). The van der Waals surface area contributed by atoms with Crippen molar-refractivity contribution in [2.24, 2.45) is 11.8 Å². The first-order valence-electron chi connectivity index (χ1n) is 5.44. The van der Waals surface area contributed by atoms with Crippen LogP contribution in [0.1, 0.15) is 33.1 Å². The van der Waals surface area contributed by atoms with Gasteiger partial charge in [0.25, 0.3) is 0 Å². The molecule has 1 aliphatic carbocycles. The summed E-state index contributed by atoms with van der Waals surface area (Å²) in [6.45, 7) is 3.61. The van der Waals surface area contributed by atoms with Crippen LogP contribution in [0.2, 0.25) is 0 Å². The van der Waals surface area contributed by atoms with E-state index in [2.05, 4.69) is 6.92 Å². The molecule has 0 heterocycles. The van der Waals surface area contributed by atoms with Crippen LogP contribution >= 0.6 is 0 Å². The summed E-state index contributed by atoms with van der Waals surface area (Å²) in [5, 5.41) is 8.82. The summed E-state index contributed by atoms with van der Waals surface area (Å²) in [4.78, 5) is 24.1. The Balaban J connectivity index is 2.63. The van der Waals surface area contributed by atoms with Gasteiger partial charge in [0, 0.05) is 13.0 Å². The molecule has 0 aromatic carbocycles. The SMILES string of the molecule is CC1CCCC1C(=O)N(C)C(C)C(=O)O. The highest BCUT2D eigenvalue weighted by Gasteiger charge is 2.34. The predicted octanol–water partition coefficient (Wildman–Crippen LogP) is 1.35. The molecule has 0 aromatic heterocycles. The van der Waals surface area contributed by atoms with E-state index in [1.807, 2.05) is 0 Å². The Labute approximate surface area is 90.3 Å². The number of carbonyl (C=O) groups excluding carboxylic acids is 1. The lowest BCUT2D eigenvalue weighted by atomic mass is 9.96. The van der Waals surface area contributed by atoms with E-state index in [-0.39, 0.29) is 11.8 Å². The van der Waals surface area contributed by atoms with Gasteiger partial charge in [-0.15, -0.1) is 0 Å². The Bertz CT molecular complexity index is 265. The summed E-state index contributed by atoms with van der Waals surface area (Å²) in [5.74, 6) is -0.552. The summed E-state index contributed by atoms with van der Waals surface area (Å²) in [7, 11) is 1.58. The smallest absolute Gasteiger partial charge is 0.326 e. The van der Waals surface area contributed by atoms with Gasteiger partial charge in [-0.2, -0.15) is 0 Å². The van der Waals surface area contributed by atoms with Crippen molar-refractivity contribution < 1.29 is 14.7 Å². The lowest BCUT2D eigenvalue weighted by molar-refractivity contribution is -0.150. The van der Waals surface area contributed by atoms with Gasteiger partial charge in [0.2, 0.25) is 5.91 Å². The zero-order chi connectivity index (χ0) is 11.6. The van der Waals surface area contributed by atoms with Crippen molar-refractivity contribution in [1.29, 1.82) is 0 Å². The van der Waals surface area contributed by atoms with E-state index in [1.165, 1.54) is 4.90 Å². The minimum Gasteiger partial charge on any atom is -0.480 e. The number of hydrogen-bond donors (Lipinski definition) is 1. The van der Waals surface area contributed by atoms with Crippen LogP contribution in [0.25, 0.3) is 0 Å². The van der Waals surface area contributed by atoms with Gasteiger partial charge in [0.05, 0.1) is 0 Å². The minimum absolute atomic E-state index is 0.0186. The van der Waals surface area contributed by atoms with Crippen LogP contribution < -0.4 is 0 Å². The Kier molecular flexibility index (Phi) is 3.72. The maximum atomic E-state index is 12.0. The summed E-state index contributed by atoms with van der Waals surface area (Å²) < 4.78 is 0. The van der Waals surface area contributed by atoms with E-state index in [0.717, 1.165) is 19.3 Å². The number of carboxylic acids is 1. The minimum atomic E-state index is -0.948. The van der Waals surface area contributed by atoms with Gasteiger partial charge in [0.15, 0.2) is 0 Å². The molecule has 4 heteroatoms. The summed E-state index contributed by atoms with van der Waals surface area (Å²) in [6.07, 6.45) is 3.05. The molecule has 0 bridgehead atoms. The topological polar surface area (TPSA) is 57.6 Å². The first kappa shape index (κ1) is 12.0. The highest BCUT2D eigenvalue weighted by molar-refractivity contribution is 5.84. The molecule has 1 aliphatic rings. The summed E-state index contributed by atoms with van der Waals surface area (Å²) in [6, 6.07) is -0.731. The number of nitrogens with zero attached hydrogens (tertiary/aromatic N) is 1. The fourth-order valence-corrected chi connectivity index (χ4v) is 2.13. The van der Waals surface area contributed by atoms with Gasteiger partial charge in [-0.05, 0) is 25.7 Å². The molecule has 1 amide bonds. The molecule has 1 N–H and O–H groups in total. The van der Waals surface area contributed by atoms with Crippen LogP contribution in [0.5, 0.6) is 0 Å². The summed E-state index contributed by atoms with van der Waals surface area (Å²) >= 11 is 0. The Morgan fingerprint density at radius 1 is 1.40 bits per heavy atom. The Morgan fingerprint density at radius 2 is 2.00 bits per heavy atom. The number of likely N-dealkylation sites (N-methyl/N-ethyl adjacent to an activating group) is 1. The molecule has 1 rings (SSSR count). The lowest BCUT2D eigenvalue weighted by Gasteiger charge is -2.26. The molecule has 0 aromatic rings. The van der Waals surface area contributed by atoms with Gasteiger partial charge >= 0.3 is 5.97 Å². The van der Waals surface area contributed by atoms with Crippen molar-refractivity contribution in [1.82, 2.24) is 4.90 Å². The Hall–Kier alpha value is -1.06. The van der Waals surface area contributed by atoms with Crippen molar-refractivity contribution in [2.45, 2.75) is 39.2 Å². The Morgan fingerprint density at radius 3 is 2.40 bits per heavy atom. The zero-order valence-electron chi connectivity index (χ0n) is 9.56. The highest BCUT2D eigenvalue weighted by atomic mass is 16.4. The molecular weight excluding hydrogens is 194 g/mol. The highest BCUT2D eigenvalue weighted by Crippen LogP contribution is 2.32. The third-order valence-corrected chi connectivity index (χ3v) is 3.46. The summed E-state index contributed by atoms with van der Waals surface area (Å²) in [5.41, 5.74) is 0. The molecule has 0 spiro atoms. The monoisotopic (exact) mass is 213 g/mol. The van der Waals surface area contributed by atoms with Gasteiger partial charge in [-0.3, -0.25) is 4.79 Å². The molecule has 3 atom stereocenters. The van der Waals surface area contributed by atoms with Gasteiger partial charge < -0.3 is 10.0 Å². The van der Waals surface area contributed by atoms with Crippen LogP contribution in [-0.2, 0) is 9.59 Å². The predicted molar refractivity (Wildman–Crippen MR) is 56.4 cm³/mol. The van der Waals surface area contributed by atoms with Crippen molar-refractivity contribution in [3.05, 3.63) is 0 Å². The second-order valence-electron chi connectivity index (χ2n) is 4.48. The number of hydrogen-bond acceptors (Lipinski definition) is 2. The third kappa shape index (κ3) is 2.49. The number of amides is 1. The molecular formula is C11H19NO3. The number of rotatable bonds is 3. The average molecular weight is 213 g/mol. The fraction of sp³-hybridized carbons (Fsp3) is 0.818. The normalized spacial score (nSPS) is 27.4. The number of carbonyl (C=O) groups is 2. The van der Waals surface area contributed by atoms with E-state index in [0.29, 0.717) is 5.92 Å². The van der Waals surface area contributed by atoms with Crippen LogP contribution in [0.4, 0.5) is 0 Å². The fourth-order valence-electron chi connectivity index (χ4n) is 2.13. The second kappa shape index (κ2) is 4.64. The molecule has 1 saturated carbocycles. The van der Waals surface area contributed by atoms with Crippen LogP contribution in [0, 0.1) is 11.8 Å². The molecule has 0 aliphatic heterocycles. The maximum absolute atomic E-state index is 12.0. The van der Waals surface area contributed by atoms with E-state index in [1.54, 1.807) is 14.0 Å². The molecule has 0 radical (unpaired) electrons. The van der Waals surface area contributed by atoms with Gasteiger partial charge in [-0.1, -0.05) is 13.3 Å². The molecule has 86 valence electrons. The number of carboxylic acid groups (broad SMARTS) is 1. The van der Waals surface area contributed by atoms with E-state index < -0.39 is 12.0 Å². The van der Waals surface area contributed by atoms with Crippen molar-refractivity contribution in [3.63, 3.8) is 0 Å². The van der Waals surface area contributed by atoms with Crippen molar-refractivity contribution in [3.8, 4) is 0 Å². The maximum Gasteiger partial charge on any atom is 0.326 e. The van der Waals surface area contributed by atoms with Crippen molar-refractivity contribution in [2.75, 3.05) is 7.05 Å². The van der Waals surface area contributed by atoms with Crippen LogP contribution in [-0.4, -0.2) is 35.0 Å². The van der Waals surface area contributed by atoms with Crippen LogP contribution in [0.15, 0.2) is 0 Å². The first-order valence-corrected chi connectivity index (χ1v) is 5.44. The molecule has 0 saturated heterocycles. The third-order valence-electron chi connectivity index (χ3n) is 3.46.